The summed E-state index contributed by atoms with van der Waals surface area (Å²) < 4.78 is 28.8. The zero-order valence-corrected chi connectivity index (χ0v) is 12.5. The Labute approximate surface area is 113 Å². The minimum absolute atomic E-state index is 0.0637. The molecule has 0 aliphatic carbocycles. The number of methoxy groups -OCH3 is 1. The van der Waals surface area contributed by atoms with Crippen LogP contribution in [0, 0.1) is 0 Å². The molecule has 0 aliphatic heterocycles. The van der Waals surface area contributed by atoms with E-state index < -0.39 is 21.2 Å². The molecular formula is C13H18O5S. The third-order valence-corrected chi connectivity index (χ3v) is 3.82. The first-order valence-electron chi connectivity index (χ1n) is 5.64. The van der Waals surface area contributed by atoms with Gasteiger partial charge < -0.3 is 9.84 Å². The van der Waals surface area contributed by atoms with Gasteiger partial charge in [-0.25, -0.2) is 13.2 Å². The van der Waals surface area contributed by atoms with Crippen LogP contribution in [0.3, 0.4) is 0 Å². The van der Waals surface area contributed by atoms with Gasteiger partial charge in [0, 0.05) is 11.8 Å². The third-order valence-electron chi connectivity index (χ3n) is 2.71. The molecule has 106 valence electrons. The fraction of sp³-hybridized carbons (Fsp3) is 0.462. The predicted octanol–water partition coefficient (Wildman–Crippen LogP) is 2.09. The van der Waals surface area contributed by atoms with Crippen molar-refractivity contribution in [3.63, 3.8) is 0 Å². The summed E-state index contributed by atoms with van der Waals surface area (Å²) in [7, 11) is -2.20. The van der Waals surface area contributed by atoms with Gasteiger partial charge in [0.2, 0.25) is 0 Å². The molecule has 6 heteroatoms. The van der Waals surface area contributed by atoms with Crippen LogP contribution in [0.1, 0.15) is 36.7 Å². The van der Waals surface area contributed by atoms with Crippen molar-refractivity contribution in [1.82, 2.24) is 0 Å². The Hall–Kier alpha value is -1.56. The van der Waals surface area contributed by atoms with Crippen molar-refractivity contribution in [3.05, 3.63) is 23.3 Å². The second-order valence-corrected chi connectivity index (χ2v) is 7.37. The van der Waals surface area contributed by atoms with E-state index in [1.165, 1.54) is 13.2 Å². The molecule has 0 saturated heterocycles. The lowest BCUT2D eigenvalue weighted by Gasteiger charge is -2.24. The lowest BCUT2D eigenvalue weighted by atomic mass is 9.85. The molecule has 1 rings (SSSR count). The summed E-state index contributed by atoms with van der Waals surface area (Å²) in [5.41, 5.74) is 0.0532. The molecule has 0 saturated carbocycles. The highest BCUT2D eigenvalue weighted by Gasteiger charge is 2.27. The molecule has 1 N–H and O–H groups in total. The normalized spacial score (nSPS) is 12.3. The second-order valence-electron chi connectivity index (χ2n) is 5.38. The Kier molecular flexibility index (Phi) is 3.95. The van der Waals surface area contributed by atoms with Crippen molar-refractivity contribution >= 4 is 15.8 Å². The standard InChI is InChI=1S/C13H18O5S/c1-13(2,3)9-6-8(12(14)15)7-10(11(9)18-4)19(5,16)17/h6-7H,1-5H3,(H,14,15). The maximum absolute atomic E-state index is 11.8. The number of rotatable bonds is 3. The fourth-order valence-corrected chi connectivity index (χ4v) is 2.64. The SMILES string of the molecule is COc1c(C(C)(C)C)cc(C(=O)O)cc1S(C)(=O)=O. The van der Waals surface area contributed by atoms with Gasteiger partial charge in [0.1, 0.15) is 10.6 Å². The Bertz CT molecular complexity index is 609. The molecule has 1 aromatic carbocycles. The van der Waals surface area contributed by atoms with Crippen LogP contribution >= 0.6 is 0 Å². The molecule has 0 radical (unpaired) electrons. The summed E-state index contributed by atoms with van der Waals surface area (Å²) in [5, 5.41) is 9.09. The monoisotopic (exact) mass is 286 g/mol. The van der Waals surface area contributed by atoms with Crippen molar-refractivity contribution in [2.24, 2.45) is 0 Å². The molecular weight excluding hydrogens is 268 g/mol. The highest BCUT2D eigenvalue weighted by molar-refractivity contribution is 7.90. The van der Waals surface area contributed by atoms with Gasteiger partial charge >= 0.3 is 5.97 Å². The summed E-state index contributed by atoms with van der Waals surface area (Å²) in [6.45, 7) is 5.59. The molecule has 0 aromatic heterocycles. The fourth-order valence-electron chi connectivity index (χ4n) is 1.77. The number of carbonyl (C=O) groups is 1. The van der Waals surface area contributed by atoms with Gasteiger partial charge in [0.05, 0.1) is 12.7 Å². The number of hydrogen-bond donors (Lipinski definition) is 1. The van der Waals surface area contributed by atoms with Crippen LogP contribution in [-0.2, 0) is 15.3 Å². The summed E-state index contributed by atoms with van der Waals surface area (Å²) in [6.07, 6.45) is 1.03. The first-order valence-corrected chi connectivity index (χ1v) is 7.53. The number of aromatic carboxylic acids is 1. The average Bonchev–Trinajstić information content (AvgIpc) is 2.24. The van der Waals surface area contributed by atoms with E-state index in [-0.39, 0.29) is 16.2 Å². The van der Waals surface area contributed by atoms with Gasteiger partial charge in [-0.1, -0.05) is 20.8 Å². The van der Waals surface area contributed by atoms with Crippen LogP contribution in [-0.4, -0.2) is 32.9 Å². The Balaban J connectivity index is 3.82. The summed E-state index contributed by atoms with van der Waals surface area (Å²) in [4.78, 5) is 11.0. The zero-order chi connectivity index (χ0) is 15.0. The van der Waals surface area contributed by atoms with Crippen LogP contribution in [0.15, 0.2) is 17.0 Å². The van der Waals surface area contributed by atoms with Crippen molar-refractivity contribution in [1.29, 1.82) is 0 Å². The molecule has 0 amide bonds. The molecule has 0 bridgehead atoms. The average molecular weight is 286 g/mol. The van der Waals surface area contributed by atoms with Gasteiger partial charge in [-0.05, 0) is 17.5 Å². The Morgan fingerprint density at radius 3 is 2.11 bits per heavy atom. The lowest BCUT2D eigenvalue weighted by molar-refractivity contribution is 0.0696. The highest BCUT2D eigenvalue weighted by Crippen LogP contribution is 2.37. The summed E-state index contributed by atoms with van der Waals surface area (Å²) in [6, 6.07) is 2.58. The molecule has 19 heavy (non-hydrogen) atoms. The molecule has 0 unspecified atom stereocenters. The van der Waals surface area contributed by atoms with Crippen molar-refractivity contribution in [3.8, 4) is 5.75 Å². The highest BCUT2D eigenvalue weighted by atomic mass is 32.2. The minimum atomic E-state index is -3.57. The van der Waals surface area contributed by atoms with Crippen LogP contribution in [0.5, 0.6) is 5.75 Å². The Morgan fingerprint density at radius 1 is 1.26 bits per heavy atom. The molecule has 0 heterocycles. The van der Waals surface area contributed by atoms with Crippen molar-refractivity contribution in [2.75, 3.05) is 13.4 Å². The number of benzene rings is 1. The molecule has 0 aliphatic rings. The zero-order valence-electron chi connectivity index (χ0n) is 11.6. The smallest absolute Gasteiger partial charge is 0.335 e. The number of carboxylic acids is 1. The first-order chi connectivity index (χ1) is 8.48. The van der Waals surface area contributed by atoms with E-state index in [1.807, 2.05) is 20.8 Å². The largest absolute Gasteiger partial charge is 0.495 e. The maximum atomic E-state index is 11.8. The van der Waals surface area contributed by atoms with Crippen LogP contribution in [0.25, 0.3) is 0 Å². The van der Waals surface area contributed by atoms with Gasteiger partial charge in [-0.3, -0.25) is 0 Å². The predicted molar refractivity (Wildman–Crippen MR) is 71.8 cm³/mol. The van der Waals surface area contributed by atoms with E-state index in [4.69, 9.17) is 9.84 Å². The number of hydrogen-bond acceptors (Lipinski definition) is 4. The summed E-state index contributed by atoms with van der Waals surface area (Å²) in [5.74, 6) is -0.960. The minimum Gasteiger partial charge on any atom is -0.495 e. The topological polar surface area (TPSA) is 80.7 Å². The van der Waals surface area contributed by atoms with E-state index in [9.17, 15) is 13.2 Å². The quantitative estimate of drug-likeness (QED) is 0.920. The van der Waals surface area contributed by atoms with E-state index in [2.05, 4.69) is 0 Å². The van der Waals surface area contributed by atoms with Crippen molar-refractivity contribution in [2.45, 2.75) is 31.1 Å². The molecule has 1 aromatic rings. The molecule has 0 atom stereocenters. The van der Waals surface area contributed by atoms with Gasteiger partial charge in [0.15, 0.2) is 9.84 Å². The van der Waals surface area contributed by atoms with Gasteiger partial charge in [-0.2, -0.15) is 0 Å². The number of carboxylic acid groups (broad SMARTS) is 1. The third kappa shape index (κ3) is 3.26. The van der Waals surface area contributed by atoms with Gasteiger partial charge in [-0.15, -0.1) is 0 Å². The van der Waals surface area contributed by atoms with E-state index in [0.29, 0.717) is 5.56 Å². The molecule has 5 nitrogen and oxygen atoms in total. The van der Waals surface area contributed by atoms with E-state index >= 15 is 0 Å². The Morgan fingerprint density at radius 2 is 1.79 bits per heavy atom. The van der Waals surface area contributed by atoms with Crippen LogP contribution in [0.2, 0.25) is 0 Å². The lowest BCUT2D eigenvalue weighted by Crippen LogP contribution is -2.17. The van der Waals surface area contributed by atoms with Gasteiger partial charge in [0.25, 0.3) is 0 Å². The number of sulfone groups is 1. The van der Waals surface area contributed by atoms with Crippen LogP contribution in [0.4, 0.5) is 0 Å². The van der Waals surface area contributed by atoms with E-state index in [0.717, 1.165) is 12.3 Å². The first kappa shape index (κ1) is 15.5. The maximum Gasteiger partial charge on any atom is 0.335 e. The molecule has 0 spiro atoms. The summed E-state index contributed by atoms with van der Waals surface area (Å²) >= 11 is 0. The number of ether oxygens (including phenoxy) is 1. The second kappa shape index (κ2) is 4.85. The van der Waals surface area contributed by atoms with Crippen molar-refractivity contribution < 1.29 is 23.1 Å². The molecule has 0 fully saturated rings. The van der Waals surface area contributed by atoms with E-state index in [1.54, 1.807) is 0 Å². The van der Waals surface area contributed by atoms with Crippen LogP contribution < -0.4 is 4.74 Å².